The molecule has 35 heavy (non-hydrogen) atoms. The maximum Gasteiger partial charge on any atom is 0.334 e. The van der Waals surface area contributed by atoms with Crippen LogP contribution in [0, 0.1) is 5.82 Å². The van der Waals surface area contributed by atoms with Crippen molar-refractivity contribution >= 4 is 40.9 Å². The molecular weight excluding hydrogens is 489 g/mol. The molecule has 2 atom stereocenters. The van der Waals surface area contributed by atoms with E-state index in [1.807, 2.05) is 23.8 Å². The molecule has 11 heteroatoms. The second-order valence-electron chi connectivity index (χ2n) is 8.64. The van der Waals surface area contributed by atoms with Gasteiger partial charge in [-0.1, -0.05) is 18.2 Å². The number of benzene rings is 1. The number of urea groups is 1. The van der Waals surface area contributed by atoms with Crippen molar-refractivity contribution in [2.45, 2.75) is 31.6 Å². The fourth-order valence-corrected chi connectivity index (χ4v) is 5.73. The van der Waals surface area contributed by atoms with Crippen LogP contribution in [0.1, 0.15) is 16.9 Å². The molecule has 1 N–H and O–H groups in total. The number of amides is 4. The number of thioether (sulfide) groups is 1. The molecule has 2 aliphatic rings. The fourth-order valence-electron chi connectivity index (χ4n) is 4.57. The molecule has 0 bridgehead atoms. The van der Waals surface area contributed by atoms with Gasteiger partial charge in [-0.15, -0.1) is 11.3 Å². The van der Waals surface area contributed by atoms with E-state index in [-0.39, 0.29) is 43.3 Å². The van der Waals surface area contributed by atoms with E-state index < -0.39 is 12.2 Å². The van der Waals surface area contributed by atoms with Gasteiger partial charge in [0.2, 0.25) is 11.8 Å². The number of rotatable bonds is 8. The van der Waals surface area contributed by atoms with Gasteiger partial charge in [0, 0.05) is 25.0 Å². The number of carbonyl (C=O) groups excluding carboxylic acids is 3. The quantitative estimate of drug-likeness (QED) is 0.580. The number of nitrogens with one attached hydrogen (secondary N) is 1. The summed E-state index contributed by atoms with van der Waals surface area (Å²) >= 11 is 3.28. The molecule has 4 rings (SSSR count). The Balaban J connectivity index is 1.54. The predicted molar refractivity (Wildman–Crippen MR) is 135 cm³/mol. The van der Waals surface area contributed by atoms with Gasteiger partial charge in [-0.3, -0.25) is 9.59 Å². The lowest BCUT2D eigenvalue weighted by Gasteiger charge is -2.54. The molecule has 4 amide bonds. The lowest BCUT2D eigenvalue weighted by Crippen LogP contribution is -2.76. The van der Waals surface area contributed by atoms with Gasteiger partial charge in [0.05, 0.1) is 13.1 Å². The number of hydrogen-bond donors (Lipinski definition) is 1. The number of hydrogen-bond acceptors (Lipinski definition) is 6. The van der Waals surface area contributed by atoms with Crippen LogP contribution in [0.2, 0.25) is 0 Å². The Morgan fingerprint density at radius 2 is 2.00 bits per heavy atom. The third-order valence-corrected chi connectivity index (χ3v) is 7.89. The zero-order valence-corrected chi connectivity index (χ0v) is 21.5. The highest BCUT2D eigenvalue weighted by molar-refractivity contribution is 7.98. The Morgan fingerprint density at radius 1 is 1.23 bits per heavy atom. The Hall–Kier alpha value is -2.63. The number of fused-ring (bicyclic) bond motifs is 1. The lowest BCUT2D eigenvalue weighted by atomic mass is 10.0. The van der Waals surface area contributed by atoms with Gasteiger partial charge in [-0.2, -0.15) is 11.8 Å². The number of hydrazine groups is 1. The second-order valence-corrected chi connectivity index (χ2v) is 10.7. The number of nitrogens with zero attached hydrogens (tertiary/aromatic N) is 4. The average molecular weight is 520 g/mol. The first-order valence-corrected chi connectivity index (χ1v) is 13.8. The third kappa shape index (κ3) is 5.79. The molecule has 2 aromatic rings. The standard InChI is InChI=1S/C24H30FN5O3S2/c1-27-16-22(31)29-20(10-13-34-2)23(32)28(11-9-19-4-3-12-35-19)15-21(29)30(27)24(33)26-14-17-5-7-18(25)8-6-17/h3-8,12,20-21H,9-11,13-16H2,1-2H3,(H,26,33)/t20-,21?/m0/s1. The lowest BCUT2D eigenvalue weighted by molar-refractivity contribution is -0.187. The van der Waals surface area contributed by atoms with Gasteiger partial charge in [0.25, 0.3) is 0 Å². The van der Waals surface area contributed by atoms with E-state index in [0.29, 0.717) is 13.0 Å². The van der Waals surface area contributed by atoms with Crippen molar-refractivity contribution in [1.29, 1.82) is 0 Å². The summed E-state index contributed by atoms with van der Waals surface area (Å²) in [4.78, 5) is 44.5. The van der Waals surface area contributed by atoms with Crippen LogP contribution in [0.3, 0.4) is 0 Å². The molecule has 1 unspecified atom stereocenters. The van der Waals surface area contributed by atoms with Crippen molar-refractivity contribution < 1.29 is 18.8 Å². The fraction of sp³-hybridized carbons (Fsp3) is 0.458. The van der Waals surface area contributed by atoms with Crippen molar-refractivity contribution in [2.75, 3.05) is 38.7 Å². The first-order valence-electron chi connectivity index (χ1n) is 11.5. The van der Waals surface area contributed by atoms with Gasteiger partial charge in [-0.05, 0) is 54.0 Å². The van der Waals surface area contributed by atoms with Crippen LogP contribution < -0.4 is 5.32 Å². The normalized spacial score (nSPS) is 20.8. The molecule has 1 aromatic carbocycles. The number of carbonyl (C=O) groups is 3. The molecule has 1 aromatic heterocycles. The Kier molecular flexibility index (Phi) is 8.30. The second kappa shape index (κ2) is 11.4. The molecule has 8 nitrogen and oxygen atoms in total. The highest BCUT2D eigenvalue weighted by atomic mass is 32.2. The molecule has 2 saturated heterocycles. The van der Waals surface area contributed by atoms with Crippen LogP contribution in [0.5, 0.6) is 0 Å². The van der Waals surface area contributed by atoms with E-state index in [4.69, 9.17) is 0 Å². The van der Waals surface area contributed by atoms with Gasteiger partial charge in [0.1, 0.15) is 18.0 Å². The van der Waals surface area contributed by atoms with Crippen molar-refractivity contribution in [3.8, 4) is 0 Å². The van der Waals surface area contributed by atoms with Crippen molar-refractivity contribution in [3.63, 3.8) is 0 Å². The van der Waals surface area contributed by atoms with Crippen LogP contribution in [0.4, 0.5) is 9.18 Å². The van der Waals surface area contributed by atoms with E-state index in [1.54, 1.807) is 62.1 Å². The highest BCUT2D eigenvalue weighted by Crippen LogP contribution is 2.28. The largest absolute Gasteiger partial charge is 0.337 e. The molecular formula is C24H30FN5O3S2. The van der Waals surface area contributed by atoms with Crippen molar-refractivity contribution in [3.05, 3.63) is 58.0 Å². The third-order valence-electron chi connectivity index (χ3n) is 6.31. The maximum atomic E-state index is 13.5. The first-order chi connectivity index (χ1) is 16.9. The summed E-state index contributed by atoms with van der Waals surface area (Å²) in [6, 6.07) is 9.01. The summed E-state index contributed by atoms with van der Waals surface area (Å²) in [7, 11) is 1.70. The smallest absolute Gasteiger partial charge is 0.334 e. The highest BCUT2D eigenvalue weighted by Gasteiger charge is 2.50. The zero-order chi connectivity index (χ0) is 24.9. The molecule has 0 radical (unpaired) electrons. The van der Waals surface area contributed by atoms with E-state index >= 15 is 0 Å². The molecule has 3 heterocycles. The number of piperazine rings is 1. The van der Waals surface area contributed by atoms with Crippen LogP contribution in [0.15, 0.2) is 41.8 Å². The zero-order valence-electron chi connectivity index (χ0n) is 19.9. The Labute approximate surface area is 213 Å². The van der Waals surface area contributed by atoms with Crippen LogP contribution in [-0.2, 0) is 22.6 Å². The minimum Gasteiger partial charge on any atom is -0.337 e. The molecule has 0 aliphatic carbocycles. The van der Waals surface area contributed by atoms with Gasteiger partial charge in [0.15, 0.2) is 0 Å². The molecule has 0 saturated carbocycles. The van der Waals surface area contributed by atoms with Gasteiger partial charge >= 0.3 is 6.03 Å². The summed E-state index contributed by atoms with van der Waals surface area (Å²) in [6.07, 6.45) is 2.64. The molecule has 2 aliphatic heterocycles. The Bertz CT molecular complexity index is 1040. The van der Waals surface area contributed by atoms with Crippen LogP contribution >= 0.6 is 23.1 Å². The first kappa shape index (κ1) is 25.5. The average Bonchev–Trinajstić information content (AvgIpc) is 3.36. The van der Waals surface area contributed by atoms with Crippen LogP contribution in [-0.4, -0.2) is 88.6 Å². The molecule has 2 fully saturated rings. The maximum absolute atomic E-state index is 13.5. The van der Waals surface area contributed by atoms with Crippen LogP contribution in [0.25, 0.3) is 0 Å². The minimum atomic E-state index is -0.599. The summed E-state index contributed by atoms with van der Waals surface area (Å²) in [5.41, 5.74) is 0.765. The number of likely N-dealkylation sites (N-methyl/N-ethyl adjacent to an activating group) is 1. The van der Waals surface area contributed by atoms with Gasteiger partial charge in [-0.25, -0.2) is 19.2 Å². The van der Waals surface area contributed by atoms with E-state index in [9.17, 15) is 18.8 Å². The van der Waals surface area contributed by atoms with E-state index in [0.717, 1.165) is 17.7 Å². The number of thiophene rings is 1. The SMILES string of the molecule is CSCC[C@H]1C(=O)N(CCc2cccs2)CC2N1C(=O)CN(C)N2C(=O)NCc1ccc(F)cc1. The van der Waals surface area contributed by atoms with E-state index in [1.165, 1.54) is 17.0 Å². The summed E-state index contributed by atoms with van der Waals surface area (Å²) in [5, 5.41) is 8.05. The number of halogens is 1. The molecule has 0 spiro atoms. The Morgan fingerprint density at radius 3 is 2.69 bits per heavy atom. The van der Waals surface area contributed by atoms with Gasteiger partial charge < -0.3 is 15.1 Å². The summed E-state index contributed by atoms with van der Waals surface area (Å²) < 4.78 is 13.2. The summed E-state index contributed by atoms with van der Waals surface area (Å²) in [5.74, 6) is 0.183. The van der Waals surface area contributed by atoms with Crippen molar-refractivity contribution in [2.24, 2.45) is 0 Å². The monoisotopic (exact) mass is 519 g/mol. The van der Waals surface area contributed by atoms with Crippen molar-refractivity contribution in [1.82, 2.24) is 25.1 Å². The predicted octanol–water partition coefficient (Wildman–Crippen LogP) is 2.62. The topological polar surface area (TPSA) is 76.2 Å². The molecule has 188 valence electrons. The van der Waals surface area contributed by atoms with E-state index in [2.05, 4.69) is 5.32 Å². The minimum absolute atomic E-state index is 0.0126. The summed E-state index contributed by atoms with van der Waals surface area (Å²) in [6.45, 7) is 1.02.